The third kappa shape index (κ3) is 3.18. The Balaban J connectivity index is 2.30. The van der Waals surface area contributed by atoms with Gasteiger partial charge in [-0.25, -0.2) is 0 Å². The van der Waals surface area contributed by atoms with Crippen molar-refractivity contribution in [2.24, 2.45) is 11.7 Å². The second-order valence-electron chi connectivity index (χ2n) is 5.96. The fourth-order valence-corrected chi connectivity index (χ4v) is 3.37. The first-order chi connectivity index (χ1) is 9.17. The van der Waals surface area contributed by atoms with Gasteiger partial charge in [-0.3, -0.25) is 4.90 Å². The number of nitrogens with two attached hydrogens (primary N) is 1. The maximum absolute atomic E-state index is 6.03. The summed E-state index contributed by atoms with van der Waals surface area (Å²) in [7, 11) is 0. The maximum Gasteiger partial charge on any atom is 0.0388 e. The molecule has 1 aliphatic rings. The third-order valence-corrected chi connectivity index (χ3v) is 4.55. The van der Waals surface area contributed by atoms with Gasteiger partial charge in [0.15, 0.2) is 0 Å². The summed E-state index contributed by atoms with van der Waals surface area (Å²) in [6, 6.07) is 7.47. The largest absolute Gasteiger partial charge is 0.330 e. The number of aryl methyl sites for hydroxylation is 2. The Hall–Kier alpha value is -0.860. The topological polar surface area (TPSA) is 29.3 Å². The molecule has 1 aromatic rings. The van der Waals surface area contributed by atoms with Gasteiger partial charge >= 0.3 is 0 Å². The Labute approximate surface area is 118 Å². The molecule has 19 heavy (non-hydrogen) atoms. The van der Waals surface area contributed by atoms with Gasteiger partial charge in [-0.2, -0.15) is 0 Å². The molecule has 0 bridgehead atoms. The number of piperidine rings is 1. The van der Waals surface area contributed by atoms with E-state index in [0.29, 0.717) is 12.0 Å². The average Bonchev–Trinajstić information content (AvgIpc) is 2.42. The van der Waals surface area contributed by atoms with E-state index in [9.17, 15) is 0 Å². The molecule has 0 amide bonds. The SMILES string of the molecule is CCCN1CCCC(CN)C1c1ccc(C)c(C)c1. The molecule has 2 atom stereocenters. The van der Waals surface area contributed by atoms with Gasteiger partial charge in [0.25, 0.3) is 0 Å². The number of rotatable bonds is 4. The Kier molecular flexibility index (Phi) is 5.00. The second kappa shape index (κ2) is 6.53. The van der Waals surface area contributed by atoms with Gasteiger partial charge in [0.2, 0.25) is 0 Å². The van der Waals surface area contributed by atoms with Crippen LogP contribution in [0.2, 0.25) is 0 Å². The molecule has 2 heteroatoms. The van der Waals surface area contributed by atoms with Gasteiger partial charge in [0.05, 0.1) is 0 Å². The summed E-state index contributed by atoms with van der Waals surface area (Å²) < 4.78 is 0. The van der Waals surface area contributed by atoms with Crippen molar-refractivity contribution in [2.45, 2.75) is 46.1 Å². The number of hydrogen-bond donors (Lipinski definition) is 1. The Morgan fingerprint density at radius 2 is 2.05 bits per heavy atom. The first-order valence-electron chi connectivity index (χ1n) is 7.68. The minimum absolute atomic E-state index is 0.526. The van der Waals surface area contributed by atoms with Crippen LogP contribution in [0.15, 0.2) is 18.2 Å². The van der Waals surface area contributed by atoms with Gasteiger partial charge in [-0.1, -0.05) is 25.1 Å². The molecule has 1 aromatic carbocycles. The van der Waals surface area contributed by atoms with Crippen LogP contribution in [0.3, 0.4) is 0 Å². The van der Waals surface area contributed by atoms with Crippen molar-refractivity contribution < 1.29 is 0 Å². The van der Waals surface area contributed by atoms with E-state index < -0.39 is 0 Å². The molecule has 2 nitrogen and oxygen atoms in total. The lowest BCUT2D eigenvalue weighted by Gasteiger charge is -2.41. The first kappa shape index (κ1) is 14.5. The zero-order chi connectivity index (χ0) is 13.8. The van der Waals surface area contributed by atoms with Crippen LogP contribution in [0.4, 0.5) is 0 Å². The molecule has 2 unspecified atom stereocenters. The van der Waals surface area contributed by atoms with Crippen LogP contribution in [0.25, 0.3) is 0 Å². The van der Waals surface area contributed by atoms with Gasteiger partial charge in [0.1, 0.15) is 0 Å². The highest BCUT2D eigenvalue weighted by molar-refractivity contribution is 5.32. The number of likely N-dealkylation sites (tertiary alicyclic amines) is 1. The van der Waals surface area contributed by atoms with E-state index in [1.165, 1.54) is 49.0 Å². The highest BCUT2D eigenvalue weighted by atomic mass is 15.2. The lowest BCUT2D eigenvalue weighted by molar-refractivity contribution is 0.0960. The van der Waals surface area contributed by atoms with Crippen LogP contribution >= 0.6 is 0 Å². The standard InChI is InChI=1S/C17H28N2/c1-4-9-19-10-5-6-16(12-18)17(19)15-8-7-13(2)14(3)11-15/h7-8,11,16-17H,4-6,9-10,12,18H2,1-3H3. The molecule has 106 valence electrons. The zero-order valence-electron chi connectivity index (χ0n) is 12.7. The molecule has 2 rings (SSSR count). The molecule has 0 spiro atoms. The fourth-order valence-electron chi connectivity index (χ4n) is 3.37. The first-order valence-corrected chi connectivity index (χ1v) is 7.68. The summed E-state index contributed by atoms with van der Waals surface area (Å²) in [5.41, 5.74) is 10.3. The van der Waals surface area contributed by atoms with Gasteiger partial charge < -0.3 is 5.73 Å². The van der Waals surface area contributed by atoms with Crippen molar-refractivity contribution in [1.82, 2.24) is 4.90 Å². The van der Waals surface area contributed by atoms with Crippen molar-refractivity contribution in [3.63, 3.8) is 0 Å². The van der Waals surface area contributed by atoms with E-state index in [1.54, 1.807) is 0 Å². The van der Waals surface area contributed by atoms with Crippen LogP contribution in [0.5, 0.6) is 0 Å². The highest BCUT2D eigenvalue weighted by Gasteiger charge is 2.31. The summed E-state index contributed by atoms with van der Waals surface area (Å²) in [5, 5.41) is 0. The summed E-state index contributed by atoms with van der Waals surface area (Å²) in [5.74, 6) is 0.613. The van der Waals surface area contributed by atoms with Crippen molar-refractivity contribution in [3.8, 4) is 0 Å². The minimum atomic E-state index is 0.526. The van der Waals surface area contributed by atoms with Crippen LogP contribution < -0.4 is 5.73 Å². The molecule has 0 aromatic heterocycles. The number of hydrogen-bond acceptors (Lipinski definition) is 2. The van der Waals surface area contributed by atoms with Crippen LogP contribution in [0.1, 0.15) is 48.9 Å². The average molecular weight is 260 g/mol. The molecule has 0 radical (unpaired) electrons. The molecular formula is C17H28N2. The molecular weight excluding hydrogens is 232 g/mol. The molecule has 0 aliphatic carbocycles. The molecule has 0 saturated carbocycles. The molecule has 1 fully saturated rings. The van der Waals surface area contributed by atoms with Gasteiger partial charge in [-0.05, 0) is 75.4 Å². The number of nitrogens with zero attached hydrogens (tertiary/aromatic N) is 1. The summed E-state index contributed by atoms with van der Waals surface area (Å²) in [6.45, 7) is 9.88. The summed E-state index contributed by atoms with van der Waals surface area (Å²) >= 11 is 0. The lowest BCUT2D eigenvalue weighted by Crippen LogP contribution is -2.41. The molecule has 1 aliphatic heterocycles. The van der Waals surface area contributed by atoms with E-state index in [2.05, 4.69) is 43.9 Å². The van der Waals surface area contributed by atoms with Crippen LogP contribution in [-0.4, -0.2) is 24.5 Å². The highest BCUT2D eigenvalue weighted by Crippen LogP contribution is 2.36. The Morgan fingerprint density at radius 3 is 2.68 bits per heavy atom. The predicted octanol–water partition coefficient (Wildman–Crippen LogP) is 3.43. The normalized spacial score (nSPS) is 24.6. The maximum atomic E-state index is 6.03. The van der Waals surface area contributed by atoms with Crippen LogP contribution in [-0.2, 0) is 0 Å². The van der Waals surface area contributed by atoms with E-state index in [1.807, 2.05) is 0 Å². The van der Waals surface area contributed by atoms with Gasteiger partial charge in [0, 0.05) is 6.04 Å². The van der Waals surface area contributed by atoms with E-state index >= 15 is 0 Å². The Morgan fingerprint density at radius 1 is 1.26 bits per heavy atom. The summed E-state index contributed by atoms with van der Waals surface area (Å²) in [6.07, 6.45) is 3.79. The Bertz CT molecular complexity index is 412. The quantitative estimate of drug-likeness (QED) is 0.898. The van der Waals surface area contributed by atoms with E-state index in [0.717, 1.165) is 6.54 Å². The van der Waals surface area contributed by atoms with Crippen molar-refractivity contribution >= 4 is 0 Å². The van der Waals surface area contributed by atoms with Gasteiger partial charge in [-0.15, -0.1) is 0 Å². The zero-order valence-corrected chi connectivity index (χ0v) is 12.7. The van der Waals surface area contributed by atoms with Crippen molar-refractivity contribution in [2.75, 3.05) is 19.6 Å². The van der Waals surface area contributed by atoms with E-state index in [4.69, 9.17) is 5.73 Å². The monoisotopic (exact) mass is 260 g/mol. The fraction of sp³-hybridized carbons (Fsp3) is 0.647. The van der Waals surface area contributed by atoms with Crippen molar-refractivity contribution in [3.05, 3.63) is 34.9 Å². The smallest absolute Gasteiger partial charge is 0.0388 e. The number of benzene rings is 1. The second-order valence-corrected chi connectivity index (χ2v) is 5.96. The lowest BCUT2D eigenvalue weighted by atomic mass is 9.83. The minimum Gasteiger partial charge on any atom is -0.330 e. The molecule has 2 N–H and O–H groups in total. The molecule has 1 heterocycles. The predicted molar refractivity (Wildman–Crippen MR) is 82.3 cm³/mol. The third-order valence-electron chi connectivity index (χ3n) is 4.55. The summed E-state index contributed by atoms with van der Waals surface area (Å²) in [4.78, 5) is 2.64. The molecule has 1 saturated heterocycles. The van der Waals surface area contributed by atoms with Crippen LogP contribution in [0, 0.1) is 19.8 Å². The van der Waals surface area contributed by atoms with Crippen molar-refractivity contribution in [1.29, 1.82) is 0 Å². The van der Waals surface area contributed by atoms with E-state index in [-0.39, 0.29) is 0 Å².